The quantitative estimate of drug-likeness (QED) is 0.167. The first-order valence-corrected chi connectivity index (χ1v) is 14.2. The van der Waals surface area contributed by atoms with Crippen LogP contribution in [0.3, 0.4) is 0 Å². The van der Waals surface area contributed by atoms with E-state index >= 15 is 0 Å². The van der Waals surface area contributed by atoms with Crippen molar-refractivity contribution in [2.24, 2.45) is 5.92 Å². The molecule has 2 aromatic carbocycles. The summed E-state index contributed by atoms with van der Waals surface area (Å²) in [5.41, 5.74) is 6.64. The van der Waals surface area contributed by atoms with Crippen molar-refractivity contribution < 1.29 is 14.3 Å². The number of H-pyrrole nitrogens is 2. The third kappa shape index (κ3) is 5.09. The van der Waals surface area contributed by atoms with E-state index in [2.05, 4.69) is 30.5 Å². The van der Waals surface area contributed by atoms with Gasteiger partial charge in [-0.3, -0.25) is 14.9 Å². The molecule has 0 radical (unpaired) electrons. The van der Waals surface area contributed by atoms with Crippen LogP contribution in [0.15, 0.2) is 73.2 Å². The fraction of sp³-hybridized carbons (Fsp3) is 0.212. The fourth-order valence-corrected chi connectivity index (χ4v) is 6.06. The molecule has 7 rings (SSSR count). The van der Waals surface area contributed by atoms with Gasteiger partial charge in [0.15, 0.2) is 5.65 Å². The fourth-order valence-electron chi connectivity index (χ4n) is 6.06. The molecule has 210 valence electrons. The number of hydrogen-bond donors (Lipinski definition) is 4. The number of nitrogens with one attached hydrogen (secondary N) is 3. The molecule has 0 unspecified atom stereocenters. The Hall–Kier alpha value is -5.05. The number of phenolic OH excluding ortho intramolecular Hbond substituents is 1. The van der Waals surface area contributed by atoms with E-state index in [0.29, 0.717) is 34.9 Å². The first-order valence-electron chi connectivity index (χ1n) is 14.2. The van der Waals surface area contributed by atoms with Crippen LogP contribution in [-0.2, 0) is 4.79 Å². The summed E-state index contributed by atoms with van der Waals surface area (Å²) in [5, 5.41) is 22.2. The Balaban J connectivity index is 1.20. The van der Waals surface area contributed by atoms with Crippen LogP contribution in [0.2, 0.25) is 0 Å². The summed E-state index contributed by atoms with van der Waals surface area (Å²) in [4.78, 5) is 25.1. The van der Waals surface area contributed by atoms with Crippen molar-refractivity contribution in [2.75, 3.05) is 5.32 Å². The first-order chi connectivity index (χ1) is 20.5. The average Bonchev–Trinajstić information content (AvgIpc) is 3.61. The molecule has 6 aromatic rings. The van der Waals surface area contributed by atoms with Crippen molar-refractivity contribution in [1.82, 2.24) is 25.1 Å². The lowest BCUT2D eigenvalue weighted by Gasteiger charge is -2.20. The van der Waals surface area contributed by atoms with Crippen molar-refractivity contribution in [1.29, 1.82) is 0 Å². The lowest BCUT2D eigenvalue weighted by Crippen LogP contribution is -2.18. The number of aromatic amines is 2. The lowest BCUT2D eigenvalue weighted by molar-refractivity contribution is -0.117. The summed E-state index contributed by atoms with van der Waals surface area (Å²) in [6, 6.07) is 15.6. The van der Waals surface area contributed by atoms with Crippen molar-refractivity contribution in [3.05, 3.63) is 79.0 Å². The summed E-state index contributed by atoms with van der Waals surface area (Å²) < 4.78 is 14.1. The molecule has 0 saturated heterocycles. The Labute approximate surface area is 241 Å². The first kappa shape index (κ1) is 25.9. The zero-order chi connectivity index (χ0) is 28.6. The van der Waals surface area contributed by atoms with Gasteiger partial charge in [-0.25, -0.2) is 9.37 Å². The number of phenols is 1. The third-order valence-electron chi connectivity index (χ3n) is 8.08. The zero-order valence-corrected chi connectivity index (χ0v) is 22.8. The van der Waals surface area contributed by atoms with Gasteiger partial charge >= 0.3 is 0 Å². The van der Waals surface area contributed by atoms with Crippen molar-refractivity contribution in [2.45, 2.75) is 38.5 Å². The zero-order valence-electron chi connectivity index (χ0n) is 22.8. The van der Waals surface area contributed by atoms with E-state index in [1.54, 1.807) is 24.7 Å². The van der Waals surface area contributed by atoms with Crippen LogP contribution < -0.4 is 5.32 Å². The van der Waals surface area contributed by atoms with E-state index in [1.165, 1.54) is 25.3 Å². The molecule has 1 saturated carbocycles. The van der Waals surface area contributed by atoms with Crippen LogP contribution in [0.5, 0.6) is 5.75 Å². The molecule has 0 spiro atoms. The molecule has 1 fully saturated rings. The van der Waals surface area contributed by atoms with E-state index in [9.17, 15) is 14.3 Å². The second-order valence-electron chi connectivity index (χ2n) is 11.1. The number of amides is 1. The van der Waals surface area contributed by atoms with Gasteiger partial charge in [-0.15, -0.1) is 0 Å². The molecule has 9 heteroatoms. The largest absolute Gasteiger partial charge is 0.508 e. The Kier molecular flexibility index (Phi) is 6.62. The number of carbonyl (C=O) groups is 1. The Morgan fingerprint density at radius 1 is 0.952 bits per heavy atom. The van der Waals surface area contributed by atoms with Crippen LogP contribution in [0.1, 0.15) is 38.5 Å². The number of fused-ring (bicyclic) bond motifs is 2. The molecular formula is C33H29FN6O2. The van der Waals surface area contributed by atoms with Gasteiger partial charge in [-0.1, -0.05) is 31.4 Å². The van der Waals surface area contributed by atoms with Crippen molar-refractivity contribution in [3.8, 4) is 39.4 Å². The van der Waals surface area contributed by atoms with E-state index in [1.807, 2.05) is 36.4 Å². The minimum Gasteiger partial charge on any atom is -0.508 e. The number of aromatic hydroxyl groups is 1. The number of halogens is 1. The van der Waals surface area contributed by atoms with Gasteiger partial charge < -0.3 is 15.4 Å². The summed E-state index contributed by atoms with van der Waals surface area (Å²) in [7, 11) is 0. The Morgan fingerprint density at radius 3 is 2.67 bits per heavy atom. The predicted octanol–water partition coefficient (Wildman–Crippen LogP) is 7.59. The maximum Gasteiger partial charge on any atom is 0.224 e. The number of hydrogen-bond acceptors (Lipinski definition) is 5. The highest BCUT2D eigenvalue weighted by atomic mass is 19.1. The normalized spacial score (nSPS) is 14.0. The van der Waals surface area contributed by atoms with Gasteiger partial charge in [0, 0.05) is 52.3 Å². The summed E-state index contributed by atoms with van der Waals surface area (Å²) in [5.74, 6) is -0.144. The van der Waals surface area contributed by atoms with Crippen molar-refractivity contribution >= 4 is 33.5 Å². The van der Waals surface area contributed by atoms with Gasteiger partial charge in [-0.2, -0.15) is 5.10 Å². The van der Waals surface area contributed by atoms with E-state index in [0.717, 1.165) is 57.6 Å². The Morgan fingerprint density at radius 2 is 1.81 bits per heavy atom. The van der Waals surface area contributed by atoms with Gasteiger partial charge in [0.2, 0.25) is 5.91 Å². The number of benzene rings is 2. The molecule has 0 aliphatic heterocycles. The molecule has 1 amide bonds. The number of pyridine rings is 2. The highest BCUT2D eigenvalue weighted by Gasteiger charge is 2.18. The molecule has 4 N–H and O–H groups in total. The van der Waals surface area contributed by atoms with Crippen LogP contribution in [-0.4, -0.2) is 36.2 Å². The van der Waals surface area contributed by atoms with E-state index < -0.39 is 5.82 Å². The minimum atomic E-state index is -0.503. The van der Waals surface area contributed by atoms with Gasteiger partial charge in [0.25, 0.3) is 0 Å². The molecule has 8 nitrogen and oxygen atoms in total. The minimum absolute atomic E-state index is 0.0261. The second kappa shape index (κ2) is 10.7. The Bertz CT molecular complexity index is 1920. The molecule has 4 aromatic heterocycles. The second-order valence-corrected chi connectivity index (χ2v) is 11.1. The van der Waals surface area contributed by atoms with Crippen molar-refractivity contribution in [3.63, 3.8) is 0 Å². The van der Waals surface area contributed by atoms with Gasteiger partial charge in [0.05, 0.1) is 17.6 Å². The predicted molar refractivity (Wildman–Crippen MR) is 161 cm³/mol. The third-order valence-corrected chi connectivity index (χ3v) is 8.08. The highest BCUT2D eigenvalue weighted by Crippen LogP contribution is 2.36. The number of rotatable bonds is 6. The van der Waals surface area contributed by atoms with E-state index in [-0.39, 0.29) is 11.7 Å². The van der Waals surface area contributed by atoms with Gasteiger partial charge in [0.1, 0.15) is 17.3 Å². The molecule has 1 aliphatic carbocycles. The van der Waals surface area contributed by atoms with Crippen LogP contribution in [0.4, 0.5) is 10.1 Å². The topological polar surface area (TPSA) is 120 Å². The highest BCUT2D eigenvalue weighted by molar-refractivity contribution is 6.01. The van der Waals surface area contributed by atoms with Crippen LogP contribution >= 0.6 is 0 Å². The number of nitrogens with zero attached hydrogens (tertiary/aromatic N) is 3. The van der Waals surface area contributed by atoms with Gasteiger partial charge in [-0.05, 0) is 66.3 Å². The molecule has 1 aliphatic rings. The van der Waals surface area contributed by atoms with Crippen LogP contribution in [0, 0.1) is 11.7 Å². The smallest absolute Gasteiger partial charge is 0.224 e. The summed E-state index contributed by atoms with van der Waals surface area (Å²) in [6.45, 7) is 0. The molecule has 42 heavy (non-hydrogen) atoms. The number of carbonyl (C=O) groups excluding carboxylic acids is 1. The summed E-state index contributed by atoms with van der Waals surface area (Å²) in [6.07, 6.45) is 11.6. The molecule has 0 bridgehead atoms. The summed E-state index contributed by atoms with van der Waals surface area (Å²) >= 11 is 0. The number of aromatic nitrogens is 5. The molecule has 0 atom stereocenters. The average molecular weight is 561 g/mol. The standard InChI is InChI=1S/C33H29FN6O2/c34-23-10-20(12-25(41)14-23)26-7-4-8-29-27(26)15-30(38-29)32-28-13-22(17-36-33(28)40-39-32)21-11-24(18-35-16-21)37-31(42)9-19-5-2-1-3-6-19/h4,7-8,10-19,38,41H,1-3,5-6,9H2,(H,37,42)(H,36,39,40). The maximum absolute atomic E-state index is 14.1. The molecule has 4 heterocycles. The molecular weight excluding hydrogens is 531 g/mol. The lowest BCUT2D eigenvalue weighted by atomic mass is 9.87. The number of anilines is 1. The van der Waals surface area contributed by atoms with E-state index in [4.69, 9.17) is 0 Å². The maximum atomic E-state index is 14.1. The van der Waals surface area contributed by atoms with Crippen LogP contribution in [0.25, 0.3) is 55.6 Å². The SMILES string of the molecule is O=C(CC1CCCCC1)Nc1cncc(-c2cnc3[nH]nc(-c4cc5c(-c6cc(O)cc(F)c6)cccc5[nH]4)c3c2)c1. The monoisotopic (exact) mass is 560 g/mol.